The van der Waals surface area contributed by atoms with E-state index in [-0.39, 0.29) is 12.4 Å². The van der Waals surface area contributed by atoms with E-state index < -0.39 is 6.09 Å². The molecule has 5 nitrogen and oxygen atoms in total. The molecular weight excluding hydrogens is 306 g/mol. The summed E-state index contributed by atoms with van der Waals surface area (Å²) < 4.78 is 10.3. The molecule has 0 aromatic heterocycles. The van der Waals surface area contributed by atoms with Gasteiger partial charge in [0, 0.05) is 13.0 Å². The van der Waals surface area contributed by atoms with E-state index in [2.05, 4.69) is 17.2 Å². The maximum absolute atomic E-state index is 11.6. The van der Waals surface area contributed by atoms with Gasteiger partial charge in [-0.05, 0) is 23.8 Å². The number of aromatic hydroxyl groups is 1. The normalized spacial score (nSPS) is 9.54. The van der Waals surface area contributed by atoms with Gasteiger partial charge >= 0.3 is 6.09 Å². The average Bonchev–Trinajstić information content (AvgIpc) is 2.61. The van der Waals surface area contributed by atoms with Crippen LogP contribution in [0.1, 0.15) is 17.5 Å². The number of phenols is 1. The number of hydrogen-bond acceptors (Lipinski definition) is 4. The highest BCUT2D eigenvalue weighted by Gasteiger charge is 2.02. The number of benzene rings is 2. The van der Waals surface area contributed by atoms with Crippen LogP contribution in [0.2, 0.25) is 0 Å². The highest BCUT2D eigenvalue weighted by atomic mass is 16.5. The molecule has 2 aromatic carbocycles. The third-order valence-corrected chi connectivity index (χ3v) is 3.14. The lowest BCUT2D eigenvalue weighted by Gasteiger charge is -2.05. The molecule has 0 aliphatic heterocycles. The molecule has 0 unspecified atom stereocenters. The number of carbonyl (C=O) groups is 1. The molecule has 0 heterocycles. The Bertz CT molecular complexity index is 732. The van der Waals surface area contributed by atoms with E-state index in [1.54, 1.807) is 13.2 Å². The number of ether oxygens (including phenoxy) is 2. The minimum atomic E-state index is -0.476. The van der Waals surface area contributed by atoms with Crippen molar-refractivity contribution in [2.24, 2.45) is 0 Å². The molecule has 0 aliphatic rings. The molecule has 0 spiro atoms. The van der Waals surface area contributed by atoms with Crippen LogP contribution in [0, 0.1) is 11.8 Å². The number of hydrogen-bond donors (Lipinski definition) is 2. The van der Waals surface area contributed by atoms with Crippen molar-refractivity contribution in [2.75, 3.05) is 13.7 Å². The Morgan fingerprint density at radius 2 is 2.00 bits per heavy atom. The van der Waals surface area contributed by atoms with Gasteiger partial charge in [-0.15, -0.1) is 0 Å². The number of carbonyl (C=O) groups excluding carboxylic acids is 1. The predicted octanol–water partition coefficient (Wildman–Crippen LogP) is 3.07. The molecule has 124 valence electrons. The summed E-state index contributed by atoms with van der Waals surface area (Å²) in [5, 5.41) is 12.1. The van der Waals surface area contributed by atoms with Gasteiger partial charge in [0.1, 0.15) is 18.1 Å². The summed E-state index contributed by atoms with van der Waals surface area (Å²) in [4.78, 5) is 11.6. The summed E-state index contributed by atoms with van der Waals surface area (Å²) in [6.45, 7) is 0.612. The molecule has 5 heteroatoms. The first-order valence-corrected chi connectivity index (χ1v) is 7.49. The quantitative estimate of drug-likeness (QED) is 0.655. The van der Waals surface area contributed by atoms with Gasteiger partial charge in [0.25, 0.3) is 0 Å². The largest absolute Gasteiger partial charge is 0.508 e. The first-order chi connectivity index (χ1) is 11.7. The summed E-state index contributed by atoms with van der Waals surface area (Å²) in [6, 6.07) is 14.2. The van der Waals surface area contributed by atoms with Crippen LogP contribution in [0.25, 0.3) is 0 Å². The van der Waals surface area contributed by atoms with Crippen LogP contribution < -0.4 is 10.1 Å². The van der Waals surface area contributed by atoms with E-state index in [9.17, 15) is 9.90 Å². The van der Waals surface area contributed by atoms with Crippen LogP contribution in [0.15, 0.2) is 48.5 Å². The Labute approximate surface area is 141 Å². The monoisotopic (exact) mass is 325 g/mol. The van der Waals surface area contributed by atoms with Gasteiger partial charge in [0.2, 0.25) is 0 Å². The smallest absolute Gasteiger partial charge is 0.407 e. The van der Waals surface area contributed by atoms with Gasteiger partial charge in [-0.25, -0.2) is 4.79 Å². The molecule has 2 rings (SSSR count). The third-order valence-electron chi connectivity index (χ3n) is 3.14. The number of amides is 1. The van der Waals surface area contributed by atoms with Crippen molar-refractivity contribution in [1.82, 2.24) is 5.32 Å². The van der Waals surface area contributed by atoms with E-state index in [0.717, 1.165) is 5.56 Å². The van der Waals surface area contributed by atoms with Crippen LogP contribution >= 0.6 is 0 Å². The summed E-state index contributed by atoms with van der Waals surface area (Å²) >= 11 is 0. The summed E-state index contributed by atoms with van der Waals surface area (Å²) in [7, 11) is 1.54. The summed E-state index contributed by atoms with van der Waals surface area (Å²) in [5.74, 6) is 6.55. The third kappa shape index (κ3) is 5.58. The van der Waals surface area contributed by atoms with E-state index >= 15 is 0 Å². The number of nitrogens with one attached hydrogen (secondary N) is 1. The second-order valence-corrected chi connectivity index (χ2v) is 4.92. The van der Waals surface area contributed by atoms with Crippen LogP contribution in [-0.2, 0) is 11.3 Å². The fourth-order valence-electron chi connectivity index (χ4n) is 1.95. The second kappa shape index (κ2) is 9.11. The Kier molecular flexibility index (Phi) is 6.54. The van der Waals surface area contributed by atoms with Crippen molar-refractivity contribution in [3.8, 4) is 23.3 Å². The molecule has 2 N–H and O–H groups in total. The fourth-order valence-corrected chi connectivity index (χ4v) is 1.95. The first-order valence-electron chi connectivity index (χ1n) is 7.49. The van der Waals surface area contributed by atoms with Crippen molar-refractivity contribution >= 4 is 6.09 Å². The maximum atomic E-state index is 11.6. The number of methoxy groups -OCH3 is 1. The number of rotatable bonds is 5. The van der Waals surface area contributed by atoms with Gasteiger partial charge < -0.3 is 19.9 Å². The van der Waals surface area contributed by atoms with Crippen molar-refractivity contribution in [3.05, 3.63) is 59.7 Å². The van der Waals surface area contributed by atoms with E-state index in [0.29, 0.717) is 24.3 Å². The van der Waals surface area contributed by atoms with Gasteiger partial charge in [-0.2, -0.15) is 0 Å². The van der Waals surface area contributed by atoms with E-state index in [4.69, 9.17) is 9.47 Å². The van der Waals surface area contributed by atoms with Gasteiger partial charge in [-0.3, -0.25) is 0 Å². The van der Waals surface area contributed by atoms with Crippen molar-refractivity contribution in [2.45, 2.75) is 13.0 Å². The molecule has 0 atom stereocenters. The highest BCUT2D eigenvalue weighted by molar-refractivity contribution is 5.67. The zero-order valence-electron chi connectivity index (χ0n) is 13.4. The zero-order chi connectivity index (χ0) is 17.2. The SMILES string of the molecule is COc1ccc(O)cc1C#CCCNC(=O)OCc1ccccc1. The topological polar surface area (TPSA) is 67.8 Å². The van der Waals surface area contributed by atoms with Gasteiger partial charge in [-0.1, -0.05) is 42.2 Å². The van der Waals surface area contributed by atoms with E-state index in [1.165, 1.54) is 12.1 Å². The molecule has 0 radical (unpaired) electrons. The van der Waals surface area contributed by atoms with Gasteiger partial charge in [0.05, 0.1) is 12.7 Å². The summed E-state index contributed by atoms with van der Waals surface area (Å²) in [5.41, 5.74) is 1.53. The standard InChI is InChI=1S/C19H19NO4/c1-23-18-11-10-17(21)13-16(18)9-5-6-12-20-19(22)24-14-15-7-3-2-4-8-15/h2-4,7-8,10-11,13,21H,6,12,14H2,1H3,(H,20,22). The fraction of sp³-hybridized carbons (Fsp3) is 0.211. The molecule has 2 aromatic rings. The molecule has 0 bridgehead atoms. The summed E-state index contributed by atoms with van der Waals surface area (Å²) in [6.07, 6.45) is -0.0187. The van der Waals surface area contributed by atoms with Crippen molar-refractivity contribution in [3.63, 3.8) is 0 Å². The molecule has 0 saturated heterocycles. The predicted molar refractivity (Wildman–Crippen MR) is 90.8 cm³/mol. The van der Waals surface area contributed by atoms with Crippen molar-refractivity contribution < 1.29 is 19.4 Å². The lowest BCUT2D eigenvalue weighted by molar-refractivity contribution is 0.140. The van der Waals surface area contributed by atoms with Crippen LogP contribution in [0.4, 0.5) is 4.79 Å². The Balaban J connectivity index is 1.73. The molecule has 0 fully saturated rings. The molecule has 1 amide bonds. The minimum absolute atomic E-state index is 0.128. The van der Waals surface area contributed by atoms with Crippen LogP contribution in [0.3, 0.4) is 0 Å². The number of phenolic OH excluding ortho intramolecular Hbond substituents is 1. The average molecular weight is 325 g/mol. The molecule has 0 saturated carbocycles. The minimum Gasteiger partial charge on any atom is -0.508 e. The second-order valence-electron chi connectivity index (χ2n) is 4.92. The van der Waals surface area contributed by atoms with Crippen LogP contribution in [0.5, 0.6) is 11.5 Å². The molecule has 24 heavy (non-hydrogen) atoms. The van der Waals surface area contributed by atoms with Crippen molar-refractivity contribution in [1.29, 1.82) is 0 Å². The van der Waals surface area contributed by atoms with Crippen LogP contribution in [-0.4, -0.2) is 24.9 Å². The first kappa shape index (κ1) is 17.2. The zero-order valence-corrected chi connectivity index (χ0v) is 13.4. The lowest BCUT2D eigenvalue weighted by atomic mass is 10.2. The van der Waals surface area contributed by atoms with Gasteiger partial charge in [0.15, 0.2) is 0 Å². The maximum Gasteiger partial charge on any atom is 0.407 e. The molecule has 0 aliphatic carbocycles. The number of alkyl carbamates (subject to hydrolysis) is 1. The Morgan fingerprint density at radius 1 is 1.21 bits per heavy atom. The highest BCUT2D eigenvalue weighted by Crippen LogP contribution is 2.21. The van der Waals surface area contributed by atoms with E-state index in [1.807, 2.05) is 30.3 Å². The Morgan fingerprint density at radius 3 is 2.75 bits per heavy atom. The Hall–Kier alpha value is -3.13. The molecular formula is C19H19NO4. The lowest BCUT2D eigenvalue weighted by Crippen LogP contribution is -2.24.